The van der Waals surface area contributed by atoms with Crippen molar-refractivity contribution in [3.8, 4) is 45.3 Å². The van der Waals surface area contributed by atoms with Crippen LogP contribution in [0.15, 0.2) is 122 Å². The van der Waals surface area contributed by atoms with Gasteiger partial charge >= 0.3 is 0 Å². The second kappa shape index (κ2) is 11.3. The topological polar surface area (TPSA) is 51.6 Å². The third-order valence-corrected chi connectivity index (χ3v) is 7.60. The molecule has 7 rings (SSSR count). The molecule has 0 aliphatic carbocycles. The maximum atomic E-state index is 13.1. The molecule has 44 heavy (non-hydrogen) atoms. The van der Waals surface area contributed by atoms with Gasteiger partial charge in [-0.3, -0.25) is 0 Å². The Morgan fingerprint density at radius 3 is 1.07 bits per heavy atom. The Balaban J connectivity index is 1.41. The van der Waals surface area contributed by atoms with Crippen molar-refractivity contribution < 1.29 is 17.6 Å². The molecule has 0 bridgehead atoms. The minimum absolute atomic E-state index is 0.0597. The monoisotopic (exact) mass is 586 g/mol. The van der Waals surface area contributed by atoms with E-state index in [1.165, 1.54) is 24.3 Å². The van der Waals surface area contributed by atoms with Gasteiger partial charge in [0.05, 0.1) is 11.4 Å². The minimum Gasteiger partial charge on any atom is -0.237 e. The fourth-order valence-corrected chi connectivity index (χ4v) is 5.51. The largest absolute Gasteiger partial charge is 0.263 e. The lowest BCUT2D eigenvalue weighted by atomic mass is 9.89. The summed E-state index contributed by atoms with van der Waals surface area (Å²) in [5, 5.41) is 3.78. The van der Waals surface area contributed by atoms with Crippen molar-refractivity contribution in [1.29, 1.82) is 0 Å². The lowest BCUT2D eigenvalue weighted by molar-refractivity contribution is 0.151. The molecule has 0 atom stereocenters. The summed E-state index contributed by atoms with van der Waals surface area (Å²) in [5.41, 5.74) is 4.34. The van der Waals surface area contributed by atoms with Crippen LogP contribution in [0.5, 0.6) is 0 Å². The van der Waals surface area contributed by atoms with E-state index >= 15 is 0 Å². The van der Waals surface area contributed by atoms with Crippen LogP contribution in [-0.2, 0) is 0 Å². The van der Waals surface area contributed by atoms with Gasteiger partial charge in [-0.1, -0.05) is 97.1 Å². The van der Waals surface area contributed by atoms with Crippen LogP contribution in [-0.4, -0.2) is 19.9 Å². The fourth-order valence-electron chi connectivity index (χ4n) is 5.51. The molecule has 4 nitrogen and oxygen atoms in total. The smallest absolute Gasteiger partial charge is 0.237 e. The van der Waals surface area contributed by atoms with E-state index in [4.69, 9.17) is 9.97 Å². The van der Waals surface area contributed by atoms with Crippen LogP contribution < -0.4 is 0 Å². The van der Waals surface area contributed by atoms with Crippen molar-refractivity contribution in [3.63, 3.8) is 0 Å². The molecule has 2 aromatic heterocycles. The maximum Gasteiger partial charge on any atom is 0.263 e. The molecule has 0 fully saturated rings. The lowest BCUT2D eigenvalue weighted by Crippen LogP contribution is -1.97. The van der Waals surface area contributed by atoms with Gasteiger partial charge in [0.2, 0.25) is 0 Å². The average Bonchev–Trinajstić information content (AvgIpc) is 3.07. The standard InChI is InChI=1S/C36H22F4N4/c37-33(38)21-9-13-23(14-10-21)35-41-19-17-29(43-35)31-25-5-1-2-6-26(25)32(28-8-4-3-7-27(28)31)30-18-20-42-36(44-30)24-15-11-22(12-16-24)34(39)40/h1-20,33-34H. The first kappa shape index (κ1) is 27.3. The Kier molecular flexibility index (Phi) is 7.02. The number of aromatic nitrogens is 4. The Bertz CT molecular complexity index is 1920. The van der Waals surface area contributed by atoms with Gasteiger partial charge in [0, 0.05) is 45.8 Å². The van der Waals surface area contributed by atoms with Gasteiger partial charge in [-0.15, -0.1) is 0 Å². The van der Waals surface area contributed by atoms with Crippen molar-refractivity contribution in [3.05, 3.63) is 133 Å². The first-order valence-electron chi connectivity index (χ1n) is 13.8. The number of hydrogen-bond acceptors (Lipinski definition) is 4. The molecular weight excluding hydrogens is 564 g/mol. The van der Waals surface area contributed by atoms with Gasteiger partial charge < -0.3 is 0 Å². The molecule has 0 aliphatic heterocycles. The van der Waals surface area contributed by atoms with E-state index in [0.717, 1.165) is 32.7 Å². The highest BCUT2D eigenvalue weighted by Crippen LogP contribution is 2.43. The van der Waals surface area contributed by atoms with Gasteiger partial charge in [0.1, 0.15) is 0 Å². The number of alkyl halides is 4. The summed E-state index contributed by atoms with van der Waals surface area (Å²) < 4.78 is 52.5. The maximum absolute atomic E-state index is 13.1. The molecule has 214 valence electrons. The number of fused-ring (bicyclic) bond motifs is 2. The highest BCUT2D eigenvalue weighted by atomic mass is 19.3. The molecular formula is C36H22F4N4. The van der Waals surface area contributed by atoms with Gasteiger partial charge in [-0.05, 0) is 33.7 Å². The lowest BCUT2D eigenvalue weighted by Gasteiger charge is -2.17. The summed E-state index contributed by atoms with van der Waals surface area (Å²) in [6.07, 6.45) is -1.76. The summed E-state index contributed by atoms with van der Waals surface area (Å²) >= 11 is 0. The van der Waals surface area contributed by atoms with E-state index in [9.17, 15) is 17.6 Å². The van der Waals surface area contributed by atoms with Crippen LogP contribution in [0.2, 0.25) is 0 Å². The fraction of sp³-hybridized carbons (Fsp3) is 0.0556. The van der Waals surface area contributed by atoms with Gasteiger partial charge in [-0.2, -0.15) is 0 Å². The first-order valence-corrected chi connectivity index (χ1v) is 13.8. The molecule has 0 N–H and O–H groups in total. The summed E-state index contributed by atoms with van der Waals surface area (Å²) in [4.78, 5) is 18.6. The summed E-state index contributed by atoms with van der Waals surface area (Å²) in [7, 11) is 0. The van der Waals surface area contributed by atoms with Crippen LogP contribution in [0.3, 0.4) is 0 Å². The molecule has 0 unspecified atom stereocenters. The van der Waals surface area contributed by atoms with Crippen molar-refractivity contribution in [1.82, 2.24) is 19.9 Å². The number of nitrogens with zero attached hydrogens (tertiary/aromatic N) is 4. The Hall–Kier alpha value is -5.50. The number of hydrogen-bond donors (Lipinski definition) is 0. The van der Waals surface area contributed by atoms with Crippen molar-refractivity contribution in [2.45, 2.75) is 12.9 Å². The predicted octanol–water partition coefficient (Wildman–Crippen LogP) is 10.1. The Morgan fingerprint density at radius 1 is 0.409 bits per heavy atom. The van der Waals surface area contributed by atoms with Crippen LogP contribution >= 0.6 is 0 Å². The van der Waals surface area contributed by atoms with Crippen LogP contribution in [0, 0.1) is 0 Å². The van der Waals surface area contributed by atoms with E-state index in [0.29, 0.717) is 34.2 Å². The van der Waals surface area contributed by atoms with Crippen LogP contribution in [0.25, 0.3) is 66.8 Å². The molecule has 0 aliphatic rings. The summed E-state index contributed by atoms with van der Waals surface area (Å²) in [5.74, 6) is 0.859. The van der Waals surface area contributed by atoms with Crippen molar-refractivity contribution >= 4 is 21.5 Å². The van der Waals surface area contributed by atoms with Gasteiger partial charge in [0.25, 0.3) is 12.9 Å². The summed E-state index contributed by atoms with van der Waals surface area (Å²) in [6.45, 7) is 0. The third-order valence-electron chi connectivity index (χ3n) is 7.60. The average molecular weight is 587 g/mol. The minimum atomic E-state index is -2.55. The van der Waals surface area contributed by atoms with Crippen molar-refractivity contribution in [2.24, 2.45) is 0 Å². The van der Waals surface area contributed by atoms with Crippen LogP contribution in [0.4, 0.5) is 17.6 Å². The number of benzene rings is 5. The van der Waals surface area contributed by atoms with Gasteiger partial charge in [0.15, 0.2) is 11.6 Å². The Labute approximate surface area is 249 Å². The highest BCUT2D eigenvalue weighted by molar-refractivity contribution is 6.20. The first-order chi connectivity index (χ1) is 21.5. The third kappa shape index (κ3) is 4.94. The normalized spacial score (nSPS) is 11.6. The molecule has 7 aromatic rings. The molecule has 0 saturated carbocycles. The van der Waals surface area contributed by atoms with E-state index in [1.807, 2.05) is 60.7 Å². The molecule has 0 amide bonds. The number of rotatable bonds is 6. The molecule has 8 heteroatoms. The van der Waals surface area contributed by atoms with E-state index < -0.39 is 12.9 Å². The molecule has 0 saturated heterocycles. The summed E-state index contributed by atoms with van der Waals surface area (Å²) in [6, 6.07) is 31.6. The second-order valence-electron chi connectivity index (χ2n) is 10.2. The predicted molar refractivity (Wildman–Crippen MR) is 164 cm³/mol. The zero-order valence-electron chi connectivity index (χ0n) is 23.0. The zero-order chi connectivity index (χ0) is 30.2. The van der Waals surface area contributed by atoms with E-state index in [1.54, 1.807) is 36.7 Å². The van der Waals surface area contributed by atoms with Gasteiger partial charge in [-0.25, -0.2) is 37.5 Å². The molecule has 5 aromatic carbocycles. The second-order valence-corrected chi connectivity index (χ2v) is 10.2. The molecule has 0 radical (unpaired) electrons. The SMILES string of the molecule is FC(F)c1ccc(-c2nccc(-c3c4ccccc4c(-c4ccnc(-c5ccc(C(F)F)cc5)n4)c4ccccc34)n2)cc1. The quantitative estimate of drug-likeness (QED) is 0.144. The van der Waals surface area contributed by atoms with Crippen molar-refractivity contribution in [2.75, 3.05) is 0 Å². The zero-order valence-corrected chi connectivity index (χ0v) is 23.0. The Morgan fingerprint density at radius 2 is 0.750 bits per heavy atom. The van der Waals surface area contributed by atoms with E-state index in [-0.39, 0.29) is 11.1 Å². The van der Waals surface area contributed by atoms with E-state index in [2.05, 4.69) is 9.97 Å². The van der Waals surface area contributed by atoms with Crippen LogP contribution in [0.1, 0.15) is 24.0 Å². The molecule has 0 spiro atoms. The number of halogens is 4. The highest BCUT2D eigenvalue weighted by Gasteiger charge is 2.19. The molecule has 2 heterocycles.